The van der Waals surface area contributed by atoms with Crippen molar-refractivity contribution in [2.24, 2.45) is 0 Å². The summed E-state index contributed by atoms with van der Waals surface area (Å²) in [4.78, 5) is 4.35. The Morgan fingerprint density at radius 2 is 1.78 bits per heavy atom. The van der Waals surface area contributed by atoms with Crippen LogP contribution in [0.25, 0.3) is 11.0 Å². The number of aromatic nitrogens is 2. The summed E-state index contributed by atoms with van der Waals surface area (Å²) in [5, 5.41) is 0. The summed E-state index contributed by atoms with van der Waals surface area (Å²) < 4.78 is 37.9. The molecule has 0 spiro atoms. The first-order chi connectivity index (χ1) is 11.0. The van der Waals surface area contributed by atoms with Gasteiger partial charge in [0.15, 0.2) is 0 Å². The zero-order valence-electron chi connectivity index (χ0n) is 13.0. The molecule has 2 aromatic carbocycles. The minimum absolute atomic E-state index is 0.0330. The van der Waals surface area contributed by atoms with E-state index in [1.807, 2.05) is 6.07 Å². The number of methoxy groups -OCH3 is 2. The topological polar surface area (TPSA) is 70.4 Å². The number of hydrogen-bond donors (Lipinski definition) is 0. The quantitative estimate of drug-likeness (QED) is 0.734. The monoisotopic (exact) mass is 332 g/mol. The van der Waals surface area contributed by atoms with Crippen LogP contribution in [0.3, 0.4) is 0 Å². The molecule has 7 heteroatoms. The van der Waals surface area contributed by atoms with Gasteiger partial charge in [0.25, 0.3) is 10.0 Å². The number of hydrogen-bond acceptors (Lipinski definition) is 5. The number of nitrogens with zero attached hydrogens (tertiary/aromatic N) is 2. The van der Waals surface area contributed by atoms with E-state index in [0.29, 0.717) is 22.6 Å². The summed E-state index contributed by atoms with van der Waals surface area (Å²) in [6, 6.07) is 11.8. The van der Waals surface area contributed by atoms with Gasteiger partial charge >= 0.3 is 0 Å². The van der Waals surface area contributed by atoms with Gasteiger partial charge in [-0.2, -0.15) is 0 Å². The smallest absolute Gasteiger partial charge is 0.273 e. The highest BCUT2D eigenvalue weighted by molar-refractivity contribution is 7.90. The highest BCUT2D eigenvalue weighted by Gasteiger charge is 2.26. The van der Waals surface area contributed by atoms with Crippen LogP contribution in [0.15, 0.2) is 47.4 Å². The van der Waals surface area contributed by atoms with Crippen LogP contribution in [-0.2, 0) is 10.0 Å². The first kappa shape index (κ1) is 15.4. The fraction of sp³-hybridized carbons (Fsp3) is 0.188. The van der Waals surface area contributed by atoms with Gasteiger partial charge in [-0.25, -0.2) is 17.4 Å². The molecule has 3 aromatic rings. The van der Waals surface area contributed by atoms with E-state index < -0.39 is 10.0 Å². The normalized spacial score (nSPS) is 11.6. The van der Waals surface area contributed by atoms with Crippen LogP contribution in [0.1, 0.15) is 5.82 Å². The molecule has 0 N–H and O–H groups in total. The maximum Gasteiger partial charge on any atom is 0.273 e. The van der Waals surface area contributed by atoms with Crippen LogP contribution in [0.2, 0.25) is 0 Å². The predicted molar refractivity (Wildman–Crippen MR) is 86.6 cm³/mol. The molecule has 3 rings (SSSR count). The van der Waals surface area contributed by atoms with E-state index in [4.69, 9.17) is 9.47 Å². The van der Waals surface area contributed by atoms with E-state index in [1.165, 1.54) is 24.3 Å². The Balaban J connectivity index is 2.32. The molecule has 0 amide bonds. The third kappa shape index (κ3) is 2.43. The first-order valence-electron chi connectivity index (χ1n) is 6.90. The lowest BCUT2D eigenvalue weighted by Gasteiger charge is -2.13. The molecule has 1 aromatic heterocycles. The maximum absolute atomic E-state index is 13.2. The second-order valence-electron chi connectivity index (χ2n) is 4.93. The van der Waals surface area contributed by atoms with Gasteiger partial charge in [0.05, 0.1) is 25.3 Å². The number of benzene rings is 2. The summed E-state index contributed by atoms with van der Waals surface area (Å²) in [5.74, 6) is 1.07. The predicted octanol–water partition coefficient (Wildman–Crippen LogP) is 2.60. The Hall–Kier alpha value is -2.54. The maximum atomic E-state index is 13.2. The molecule has 0 fully saturated rings. The highest BCUT2D eigenvalue weighted by atomic mass is 32.2. The van der Waals surface area contributed by atoms with E-state index in [1.54, 1.807) is 37.3 Å². The Morgan fingerprint density at radius 1 is 1.04 bits per heavy atom. The van der Waals surface area contributed by atoms with Gasteiger partial charge in [-0.3, -0.25) is 0 Å². The van der Waals surface area contributed by atoms with Crippen molar-refractivity contribution >= 4 is 21.1 Å². The van der Waals surface area contributed by atoms with Gasteiger partial charge in [-0.1, -0.05) is 12.1 Å². The molecule has 6 nitrogen and oxygen atoms in total. The Labute approximate surface area is 134 Å². The molecular weight excluding hydrogens is 316 g/mol. The Kier molecular flexibility index (Phi) is 3.73. The van der Waals surface area contributed by atoms with Gasteiger partial charge < -0.3 is 9.47 Å². The summed E-state index contributed by atoms with van der Waals surface area (Å²) in [6.45, 7) is 1.66. The molecule has 0 unspecified atom stereocenters. The Morgan fingerprint density at radius 3 is 2.48 bits per heavy atom. The van der Waals surface area contributed by atoms with Gasteiger partial charge in [0.1, 0.15) is 22.2 Å². The van der Waals surface area contributed by atoms with Crippen LogP contribution in [0.4, 0.5) is 0 Å². The summed E-state index contributed by atoms with van der Waals surface area (Å²) in [5.41, 5.74) is 1.14. The third-order valence-electron chi connectivity index (χ3n) is 3.57. The first-order valence-corrected chi connectivity index (χ1v) is 8.34. The van der Waals surface area contributed by atoms with Crippen LogP contribution in [0, 0.1) is 6.92 Å². The molecule has 0 bridgehead atoms. The average Bonchev–Trinajstić information content (AvgIpc) is 2.90. The van der Waals surface area contributed by atoms with Crippen LogP contribution >= 0.6 is 0 Å². The molecule has 0 radical (unpaired) electrons. The molecule has 0 saturated carbocycles. The van der Waals surface area contributed by atoms with Crippen molar-refractivity contribution in [2.75, 3.05) is 14.2 Å². The molecular formula is C16H16N2O4S. The van der Waals surface area contributed by atoms with Crippen molar-refractivity contribution < 1.29 is 17.9 Å². The SMILES string of the molecule is COc1ccc(OC)c(S(=O)(=O)n2c(C)nc3ccccc32)c1. The van der Waals surface area contributed by atoms with E-state index in [-0.39, 0.29) is 10.6 Å². The number of rotatable bonds is 4. The molecule has 0 saturated heterocycles. The number of aryl methyl sites for hydroxylation is 1. The van der Waals surface area contributed by atoms with Gasteiger partial charge in [0.2, 0.25) is 0 Å². The fourth-order valence-corrected chi connectivity index (χ4v) is 4.18. The summed E-state index contributed by atoms with van der Waals surface area (Å²) >= 11 is 0. The van der Waals surface area contributed by atoms with E-state index in [0.717, 1.165) is 0 Å². The van der Waals surface area contributed by atoms with E-state index in [2.05, 4.69) is 4.98 Å². The zero-order valence-corrected chi connectivity index (χ0v) is 13.8. The highest BCUT2D eigenvalue weighted by Crippen LogP contribution is 2.32. The van der Waals surface area contributed by atoms with Crippen molar-refractivity contribution in [2.45, 2.75) is 11.8 Å². The minimum Gasteiger partial charge on any atom is -0.497 e. The molecule has 120 valence electrons. The molecule has 0 atom stereocenters. The lowest BCUT2D eigenvalue weighted by molar-refractivity contribution is 0.392. The molecule has 1 heterocycles. The molecule has 0 aliphatic heterocycles. The number of imidazole rings is 1. The van der Waals surface area contributed by atoms with E-state index in [9.17, 15) is 8.42 Å². The number of ether oxygens (including phenoxy) is 2. The average molecular weight is 332 g/mol. The summed E-state index contributed by atoms with van der Waals surface area (Å²) in [6.07, 6.45) is 0. The molecule has 23 heavy (non-hydrogen) atoms. The van der Waals surface area contributed by atoms with Gasteiger partial charge in [-0.05, 0) is 31.2 Å². The minimum atomic E-state index is -3.88. The zero-order chi connectivity index (χ0) is 16.6. The second kappa shape index (κ2) is 5.58. The Bertz CT molecular complexity index is 977. The molecule has 0 aliphatic carbocycles. The fourth-order valence-electron chi connectivity index (χ4n) is 2.51. The van der Waals surface area contributed by atoms with Crippen molar-refractivity contribution in [3.63, 3.8) is 0 Å². The lowest BCUT2D eigenvalue weighted by Crippen LogP contribution is -2.15. The van der Waals surface area contributed by atoms with Crippen LogP contribution < -0.4 is 9.47 Å². The van der Waals surface area contributed by atoms with Gasteiger partial charge in [-0.15, -0.1) is 0 Å². The standard InChI is InChI=1S/C16H16N2O4S/c1-11-17-13-6-4-5-7-14(13)18(11)23(19,20)16-10-12(21-2)8-9-15(16)22-3/h4-10H,1-3H3. The van der Waals surface area contributed by atoms with Crippen molar-refractivity contribution in [1.82, 2.24) is 8.96 Å². The van der Waals surface area contributed by atoms with Crippen LogP contribution in [-0.4, -0.2) is 31.6 Å². The van der Waals surface area contributed by atoms with Crippen molar-refractivity contribution in [3.05, 3.63) is 48.3 Å². The third-order valence-corrected chi connectivity index (χ3v) is 5.38. The lowest BCUT2D eigenvalue weighted by atomic mass is 10.3. The molecule has 0 aliphatic rings. The second-order valence-corrected chi connectivity index (χ2v) is 6.69. The largest absolute Gasteiger partial charge is 0.497 e. The number of para-hydroxylation sites is 2. The van der Waals surface area contributed by atoms with Crippen LogP contribution in [0.5, 0.6) is 11.5 Å². The van der Waals surface area contributed by atoms with Gasteiger partial charge in [0, 0.05) is 6.07 Å². The number of fused-ring (bicyclic) bond motifs is 1. The van der Waals surface area contributed by atoms with Crippen molar-refractivity contribution in [1.29, 1.82) is 0 Å². The van der Waals surface area contributed by atoms with E-state index >= 15 is 0 Å². The van der Waals surface area contributed by atoms with Crippen molar-refractivity contribution in [3.8, 4) is 11.5 Å². The summed E-state index contributed by atoms with van der Waals surface area (Å²) in [7, 11) is -0.967.